The van der Waals surface area contributed by atoms with Crippen LogP contribution in [0.5, 0.6) is 0 Å². The van der Waals surface area contributed by atoms with Crippen molar-refractivity contribution in [3.8, 4) is 0 Å². The minimum absolute atomic E-state index is 0.122. The Bertz CT molecular complexity index is 958. The zero-order chi connectivity index (χ0) is 21.7. The van der Waals surface area contributed by atoms with Crippen molar-refractivity contribution in [2.24, 2.45) is 0 Å². The molecule has 2 aromatic rings. The van der Waals surface area contributed by atoms with Gasteiger partial charge in [0.2, 0.25) is 15.9 Å². The molecule has 1 fully saturated rings. The molecule has 1 saturated carbocycles. The van der Waals surface area contributed by atoms with E-state index in [1.807, 2.05) is 49.4 Å². The molecule has 6 heteroatoms. The van der Waals surface area contributed by atoms with E-state index in [-0.39, 0.29) is 16.8 Å². The molecule has 30 heavy (non-hydrogen) atoms. The van der Waals surface area contributed by atoms with Gasteiger partial charge in [-0.15, -0.1) is 0 Å². The van der Waals surface area contributed by atoms with Gasteiger partial charge in [-0.1, -0.05) is 67.3 Å². The van der Waals surface area contributed by atoms with Gasteiger partial charge in [-0.3, -0.25) is 4.79 Å². The van der Waals surface area contributed by atoms with Gasteiger partial charge in [-0.2, -0.15) is 4.72 Å². The van der Waals surface area contributed by atoms with Gasteiger partial charge in [0, 0.05) is 6.04 Å². The molecular formula is C24H32N2O3S. The first-order chi connectivity index (χ1) is 14.3. The van der Waals surface area contributed by atoms with Crippen LogP contribution >= 0.6 is 0 Å². The number of sulfonamides is 1. The third-order valence-electron chi connectivity index (χ3n) is 5.72. The maximum absolute atomic E-state index is 13.3. The highest BCUT2D eigenvalue weighted by atomic mass is 32.2. The van der Waals surface area contributed by atoms with Crippen molar-refractivity contribution in [3.63, 3.8) is 0 Å². The van der Waals surface area contributed by atoms with E-state index in [2.05, 4.69) is 10.0 Å². The summed E-state index contributed by atoms with van der Waals surface area (Å²) in [4.78, 5) is 13.4. The summed E-state index contributed by atoms with van der Waals surface area (Å²) in [5.41, 5.74) is 3.30. The lowest BCUT2D eigenvalue weighted by Crippen LogP contribution is -2.51. The lowest BCUT2D eigenvalue weighted by Gasteiger charge is -2.26. The van der Waals surface area contributed by atoms with Crippen LogP contribution in [0.1, 0.15) is 54.4 Å². The predicted molar refractivity (Wildman–Crippen MR) is 120 cm³/mol. The van der Waals surface area contributed by atoms with Gasteiger partial charge in [0.1, 0.15) is 6.04 Å². The Hall–Kier alpha value is -2.18. The molecule has 1 amide bonds. The summed E-state index contributed by atoms with van der Waals surface area (Å²) >= 11 is 0. The van der Waals surface area contributed by atoms with E-state index in [0.29, 0.717) is 17.5 Å². The second kappa shape index (κ2) is 9.75. The Labute approximate surface area is 180 Å². The zero-order valence-corrected chi connectivity index (χ0v) is 18.9. The third kappa shape index (κ3) is 5.70. The predicted octanol–water partition coefficient (Wildman–Crippen LogP) is 3.95. The Morgan fingerprint density at radius 2 is 1.60 bits per heavy atom. The van der Waals surface area contributed by atoms with E-state index in [1.165, 1.54) is 6.42 Å². The van der Waals surface area contributed by atoms with Gasteiger partial charge in [0.05, 0.1) is 4.90 Å². The number of benzene rings is 2. The van der Waals surface area contributed by atoms with E-state index < -0.39 is 16.1 Å². The van der Waals surface area contributed by atoms with Gasteiger partial charge >= 0.3 is 0 Å². The summed E-state index contributed by atoms with van der Waals surface area (Å²) in [6.45, 7) is 5.53. The first-order valence-electron chi connectivity index (χ1n) is 10.7. The standard InChI is InChI=1S/C24H32N2O3S/c1-17-14-18(2)23(19(3)15-17)30(28,29)26-22(16-20-10-6-4-7-11-20)24(27)25-21-12-8-5-9-13-21/h4,6-7,10-11,14-15,21-22,26H,5,8-9,12-13,16H2,1-3H3,(H,25,27)/t22-/m0/s1. The van der Waals surface area contributed by atoms with Gasteiger partial charge in [0.15, 0.2) is 0 Å². The fraction of sp³-hybridized carbons (Fsp3) is 0.458. The van der Waals surface area contributed by atoms with Crippen molar-refractivity contribution in [3.05, 3.63) is 64.7 Å². The quantitative estimate of drug-likeness (QED) is 0.701. The number of aryl methyl sites for hydroxylation is 3. The molecule has 0 unspecified atom stereocenters. The molecule has 1 aliphatic carbocycles. The molecule has 0 bridgehead atoms. The summed E-state index contributed by atoms with van der Waals surface area (Å²) in [6, 6.07) is 12.5. The number of rotatable bonds is 7. The van der Waals surface area contributed by atoms with E-state index in [0.717, 1.165) is 36.8 Å². The summed E-state index contributed by atoms with van der Waals surface area (Å²) in [5.74, 6) is -0.253. The average molecular weight is 429 g/mol. The Balaban J connectivity index is 1.86. The Kier molecular flexibility index (Phi) is 7.32. The van der Waals surface area contributed by atoms with Crippen LogP contribution < -0.4 is 10.0 Å². The maximum atomic E-state index is 13.3. The van der Waals surface area contributed by atoms with Crippen molar-refractivity contribution in [1.29, 1.82) is 0 Å². The van der Waals surface area contributed by atoms with E-state index in [9.17, 15) is 13.2 Å². The molecule has 2 aromatic carbocycles. The monoisotopic (exact) mass is 428 g/mol. The third-order valence-corrected chi connectivity index (χ3v) is 7.50. The minimum Gasteiger partial charge on any atom is -0.352 e. The summed E-state index contributed by atoms with van der Waals surface area (Å²) in [7, 11) is -3.85. The number of nitrogens with one attached hydrogen (secondary N) is 2. The highest BCUT2D eigenvalue weighted by molar-refractivity contribution is 7.89. The Morgan fingerprint density at radius 1 is 1.00 bits per heavy atom. The summed E-state index contributed by atoms with van der Waals surface area (Å²) < 4.78 is 29.3. The van der Waals surface area contributed by atoms with Crippen molar-refractivity contribution < 1.29 is 13.2 Å². The van der Waals surface area contributed by atoms with E-state index in [4.69, 9.17) is 0 Å². The molecule has 0 radical (unpaired) electrons. The first-order valence-corrected chi connectivity index (χ1v) is 12.2. The molecule has 1 atom stereocenters. The fourth-order valence-electron chi connectivity index (χ4n) is 4.42. The molecule has 162 valence electrons. The van der Waals surface area contributed by atoms with Gasteiger partial charge in [0.25, 0.3) is 0 Å². The fourth-order valence-corrected chi connectivity index (χ4v) is 6.07. The highest BCUT2D eigenvalue weighted by Gasteiger charge is 2.29. The molecule has 3 rings (SSSR count). The molecule has 0 saturated heterocycles. The number of carbonyl (C=O) groups excluding carboxylic acids is 1. The van der Waals surface area contributed by atoms with Crippen LogP contribution in [0.15, 0.2) is 47.4 Å². The van der Waals surface area contributed by atoms with Crippen LogP contribution in [0.3, 0.4) is 0 Å². The molecule has 1 aliphatic rings. The van der Waals surface area contributed by atoms with Crippen LogP contribution in [0.25, 0.3) is 0 Å². The number of hydrogen-bond acceptors (Lipinski definition) is 3. The summed E-state index contributed by atoms with van der Waals surface area (Å²) in [6.07, 6.45) is 5.60. The molecule has 0 spiro atoms. The molecule has 0 aromatic heterocycles. The molecule has 0 aliphatic heterocycles. The van der Waals surface area contributed by atoms with Crippen molar-refractivity contribution in [2.45, 2.75) is 76.3 Å². The van der Waals surface area contributed by atoms with Gasteiger partial charge < -0.3 is 5.32 Å². The average Bonchev–Trinajstić information content (AvgIpc) is 2.68. The van der Waals surface area contributed by atoms with Crippen LogP contribution in [-0.2, 0) is 21.2 Å². The van der Waals surface area contributed by atoms with Crippen molar-refractivity contribution in [2.75, 3.05) is 0 Å². The summed E-state index contributed by atoms with van der Waals surface area (Å²) in [5, 5.41) is 3.09. The van der Waals surface area contributed by atoms with Crippen LogP contribution in [0.2, 0.25) is 0 Å². The van der Waals surface area contributed by atoms with Gasteiger partial charge in [-0.25, -0.2) is 8.42 Å². The number of carbonyl (C=O) groups is 1. The van der Waals surface area contributed by atoms with E-state index in [1.54, 1.807) is 13.8 Å². The number of amides is 1. The first kappa shape index (κ1) is 22.5. The second-order valence-electron chi connectivity index (χ2n) is 8.43. The lowest BCUT2D eigenvalue weighted by atomic mass is 9.95. The van der Waals surface area contributed by atoms with Crippen LogP contribution in [0, 0.1) is 20.8 Å². The maximum Gasteiger partial charge on any atom is 0.241 e. The number of hydrogen-bond donors (Lipinski definition) is 2. The zero-order valence-electron chi connectivity index (χ0n) is 18.1. The molecule has 0 heterocycles. The minimum atomic E-state index is -3.85. The van der Waals surface area contributed by atoms with Gasteiger partial charge in [-0.05, 0) is 56.7 Å². The highest BCUT2D eigenvalue weighted by Crippen LogP contribution is 2.23. The van der Waals surface area contributed by atoms with E-state index >= 15 is 0 Å². The second-order valence-corrected chi connectivity index (χ2v) is 10.1. The van der Waals surface area contributed by atoms with Crippen molar-refractivity contribution >= 4 is 15.9 Å². The topological polar surface area (TPSA) is 75.3 Å². The van der Waals surface area contributed by atoms with Crippen molar-refractivity contribution in [1.82, 2.24) is 10.0 Å². The normalized spacial score (nSPS) is 16.2. The smallest absolute Gasteiger partial charge is 0.241 e. The SMILES string of the molecule is Cc1cc(C)c(S(=O)(=O)N[C@@H](Cc2ccccc2)C(=O)NC2CCCCC2)c(C)c1. The molecular weight excluding hydrogens is 396 g/mol. The Morgan fingerprint density at radius 3 is 2.20 bits per heavy atom. The largest absolute Gasteiger partial charge is 0.352 e. The van der Waals surface area contributed by atoms with Crippen LogP contribution in [0.4, 0.5) is 0 Å². The lowest BCUT2D eigenvalue weighted by molar-refractivity contribution is -0.123. The molecule has 2 N–H and O–H groups in total. The van der Waals surface area contributed by atoms with Crippen LogP contribution in [-0.4, -0.2) is 26.4 Å². The molecule has 5 nitrogen and oxygen atoms in total.